The van der Waals surface area contributed by atoms with Gasteiger partial charge in [0.15, 0.2) is 5.58 Å². The van der Waals surface area contributed by atoms with Crippen molar-refractivity contribution in [1.82, 2.24) is 9.97 Å². The second-order valence-corrected chi connectivity index (χ2v) is 4.84. The number of halogens is 1. The van der Waals surface area contributed by atoms with Gasteiger partial charge < -0.3 is 4.42 Å². The fourth-order valence-corrected chi connectivity index (χ4v) is 2.33. The fraction of sp³-hybridized carbons (Fsp3) is 0. The van der Waals surface area contributed by atoms with Crippen LogP contribution >= 0.6 is 23.4 Å². The van der Waals surface area contributed by atoms with E-state index in [1.165, 1.54) is 11.8 Å². The van der Waals surface area contributed by atoms with E-state index in [4.69, 9.17) is 16.0 Å². The van der Waals surface area contributed by atoms with Crippen LogP contribution in [0.2, 0.25) is 5.02 Å². The standard InChI is InChI=1S/C12H7ClN2OS/c13-8-1-2-10-11(7-8)16-12(15-10)17-9-3-5-14-6-4-9/h1-7H. The Labute approximate surface area is 107 Å². The third kappa shape index (κ3) is 2.28. The minimum absolute atomic E-state index is 0.605. The van der Waals surface area contributed by atoms with Crippen LogP contribution in [0.3, 0.4) is 0 Å². The van der Waals surface area contributed by atoms with E-state index in [1.807, 2.05) is 18.2 Å². The molecule has 3 nitrogen and oxygen atoms in total. The highest BCUT2D eigenvalue weighted by atomic mass is 35.5. The number of rotatable bonds is 2. The molecule has 3 rings (SSSR count). The first-order valence-corrected chi connectivity index (χ1v) is 6.15. The van der Waals surface area contributed by atoms with Gasteiger partial charge in [-0.25, -0.2) is 4.98 Å². The van der Waals surface area contributed by atoms with Crippen molar-refractivity contribution in [3.63, 3.8) is 0 Å². The molecule has 0 N–H and O–H groups in total. The Hall–Kier alpha value is -1.52. The summed E-state index contributed by atoms with van der Waals surface area (Å²) in [4.78, 5) is 9.37. The maximum Gasteiger partial charge on any atom is 0.261 e. The maximum absolute atomic E-state index is 5.89. The van der Waals surface area contributed by atoms with Crippen LogP contribution < -0.4 is 0 Å². The SMILES string of the molecule is Clc1ccc2nc(Sc3ccncc3)oc2c1. The molecule has 2 aromatic heterocycles. The van der Waals surface area contributed by atoms with E-state index in [0.29, 0.717) is 15.8 Å². The van der Waals surface area contributed by atoms with Crippen molar-refractivity contribution in [2.45, 2.75) is 10.1 Å². The number of hydrogen-bond donors (Lipinski definition) is 0. The predicted molar refractivity (Wildman–Crippen MR) is 67.4 cm³/mol. The van der Waals surface area contributed by atoms with Crippen LogP contribution in [0.15, 0.2) is 57.3 Å². The summed E-state index contributed by atoms with van der Waals surface area (Å²) >= 11 is 7.34. The highest BCUT2D eigenvalue weighted by Gasteiger charge is 2.07. The maximum atomic E-state index is 5.89. The summed E-state index contributed by atoms with van der Waals surface area (Å²) in [6, 6.07) is 9.23. The third-order valence-electron chi connectivity index (χ3n) is 2.19. The second kappa shape index (κ2) is 4.39. The van der Waals surface area contributed by atoms with Gasteiger partial charge in [-0.05, 0) is 36.0 Å². The van der Waals surface area contributed by atoms with Gasteiger partial charge in [-0.2, -0.15) is 0 Å². The zero-order valence-corrected chi connectivity index (χ0v) is 10.2. The van der Waals surface area contributed by atoms with Crippen LogP contribution in [0.25, 0.3) is 11.1 Å². The third-order valence-corrected chi connectivity index (χ3v) is 3.28. The summed E-state index contributed by atoms with van der Waals surface area (Å²) < 4.78 is 5.60. The lowest BCUT2D eigenvalue weighted by Crippen LogP contribution is -1.73. The van der Waals surface area contributed by atoms with Gasteiger partial charge in [0.2, 0.25) is 0 Å². The van der Waals surface area contributed by atoms with Crippen molar-refractivity contribution < 1.29 is 4.42 Å². The number of pyridine rings is 1. The topological polar surface area (TPSA) is 38.9 Å². The normalized spacial score (nSPS) is 10.9. The molecule has 0 aliphatic carbocycles. The molecule has 0 aliphatic rings. The lowest BCUT2D eigenvalue weighted by molar-refractivity contribution is 0.489. The minimum Gasteiger partial charge on any atom is -0.431 e. The van der Waals surface area contributed by atoms with Crippen LogP contribution in [0.4, 0.5) is 0 Å². The van der Waals surface area contributed by atoms with Gasteiger partial charge in [0, 0.05) is 28.4 Å². The average molecular weight is 263 g/mol. The monoisotopic (exact) mass is 262 g/mol. The quantitative estimate of drug-likeness (QED) is 0.699. The molecular weight excluding hydrogens is 256 g/mol. The second-order valence-electron chi connectivity index (χ2n) is 3.38. The van der Waals surface area contributed by atoms with E-state index < -0.39 is 0 Å². The molecule has 84 valence electrons. The van der Waals surface area contributed by atoms with Crippen molar-refractivity contribution in [2.24, 2.45) is 0 Å². The Morgan fingerprint density at radius 3 is 2.76 bits per heavy atom. The molecule has 0 atom stereocenters. The first-order valence-electron chi connectivity index (χ1n) is 4.95. The number of nitrogens with zero attached hydrogens (tertiary/aromatic N) is 2. The van der Waals surface area contributed by atoms with Gasteiger partial charge in [-0.15, -0.1) is 0 Å². The Morgan fingerprint density at radius 1 is 1.12 bits per heavy atom. The zero-order valence-electron chi connectivity index (χ0n) is 8.63. The minimum atomic E-state index is 0.605. The molecule has 0 amide bonds. The van der Waals surface area contributed by atoms with Crippen molar-refractivity contribution in [3.05, 3.63) is 47.7 Å². The highest BCUT2D eigenvalue weighted by Crippen LogP contribution is 2.30. The van der Waals surface area contributed by atoms with E-state index in [1.54, 1.807) is 24.5 Å². The first kappa shape index (κ1) is 10.6. The van der Waals surface area contributed by atoms with Crippen molar-refractivity contribution in [1.29, 1.82) is 0 Å². The summed E-state index contributed by atoms with van der Waals surface area (Å²) in [7, 11) is 0. The van der Waals surface area contributed by atoms with Crippen LogP contribution in [-0.4, -0.2) is 9.97 Å². The van der Waals surface area contributed by atoms with Crippen LogP contribution in [0.5, 0.6) is 0 Å². The number of fused-ring (bicyclic) bond motifs is 1. The predicted octanol–water partition coefficient (Wildman–Crippen LogP) is 4.03. The number of oxazole rings is 1. The molecule has 0 aliphatic heterocycles. The number of benzene rings is 1. The fourth-order valence-electron chi connectivity index (χ4n) is 1.43. The summed E-state index contributed by atoms with van der Waals surface area (Å²) in [5.74, 6) is 0. The van der Waals surface area contributed by atoms with Crippen molar-refractivity contribution in [2.75, 3.05) is 0 Å². The van der Waals surface area contributed by atoms with Gasteiger partial charge in [0.1, 0.15) is 5.52 Å². The molecule has 5 heteroatoms. The summed E-state index contributed by atoms with van der Waals surface area (Å²) in [6.45, 7) is 0. The van der Waals surface area contributed by atoms with E-state index in [0.717, 1.165) is 10.4 Å². The summed E-state index contributed by atoms with van der Waals surface area (Å²) in [5.41, 5.74) is 1.51. The lowest BCUT2D eigenvalue weighted by Gasteiger charge is -1.93. The Morgan fingerprint density at radius 2 is 1.94 bits per heavy atom. The highest BCUT2D eigenvalue weighted by molar-refractivity contribution is 7.99. The average Bonchev–Trinajstić information content (AvgIpc) is 2.71. The van der Waals surface area contributed by atoms with E-state index in [9.17, 15) is 0 Å². The number of aromatic nitrogens is 2. The van der Waals surface area contributed by atoms with E-state index >= 15 is 0 Å². The smallest absolute Gasteiger partial charge is 0.261 e. The Kier molecular flexibility index (Phi) is 2.74. The number of hydrogen-bond acceptors (Lipinski definition) is 4. The van der Waals surface area contributed by atoms with Crippen molar-refractivity contribution in [3.8, 4) is 0 Å². The van der Waals surface area contributed by atoms with Crippen molar-refractivity contribution >= 4 is 34.5 Å². The van der Waals surface area contributed by atoms with Gasteiger partial charge in [-0.3, -0.25) is 4.98 Å². The molecule has 0 radical (unpaired) electrons. The van der Waals surface area contributed by atoms with Gasteiger partial charge in [0.05, 0.1) is 0 Å². The molecule has 0 bridgehead atoms. The Bertz CT molecular complexity index is 654. The van der Waals surface area contributed by atoms with Crippen LogP contribution in [0.1, 0.15) is 0 Å². The molecular formula is C12H7ClN2OS. The zero-order chi connectivity index (χ0) is 11.7. The lowest BCUT2D eigenvalue weighted by atomic mass is 10.3. The van der Waals surface area contributed by atoms with Crippen LogP contribution in [-0.2, 0) is 0 Å². The molecule has 0 saturated carbocycles. The van der Waals surface area contributed by atoms with Gasteiger partial charge >= 0.3 is 0 Å². The Balaban J connectivity index is 1.96. The van der Waals surface area contributed by atoms with Gasteiger partial charge in [-0.1, -0.05) is 11.6 Å². The molecule has 3 aromatic rings. The largest absolute Gasteiger partial charge is 0.431 e. The van der Waals surface area contributed by atoms with E-state index in [2.05, 4.69) is 9.97 Å². The summed E-state index contributed by atoms with van der Waals surface area (Å²) in [6.07, 6.45) is 3.48. The molecule has 2 heterocycles. The van der Waals surface area contributed by atoms with E-state index in [-0.39, 0.29) is 0 Å². The molecule has 1 aromatic carbocycles. The molecule has 17 heavy (non-hydrogen) atoms. The summed E-state index contributed by atoms with van der Waals surface area (Å²) in [5, 5.41) is 1.25. The van der Waals surface area contributed by atoms with Crippen LogP contribution in [0, 0.1) is 0 Å². The molecule has 0 saturated heterocycles. The molecule has 0 unspecified atom stereocenters. The molecule has 0 spiro atoms. The first-order chi connectivity index (χ1) is 8.31. The molecule has 0 fully saturated rings. The van der Waals surface area contributed by atoms with Gasteiger partial charge in [0.25, 0.3) is 5.22 Å².